The van der Waals surface area contributed by atoms with Gasteiger partial charge in [-0.05, 0) is 31.2 Å². The van der Waals surface area contributed by atoms with E-state index in [2.05, 4.69) is 17.6 Å². The van der Waals surface area contributed by atoms with Crippen molar-refractivity contribution in [1.82, 2.24) is 5.32 Å². The van der Waals surface area contributed by atoms with Crippen LogP contribution in [0.15, 0.2) is 18.2 Å². The molecule has 6 nitrogen and oxygen atoms in total. The van der Waals surface area contributed by atoms with Crippen molar-refractivity contribution in [3.05, 3.63) is 33.9 Å². The molecule has 0 heterocycles. The van der Waals surface area contributed by atoms with Gasteiger partial charge in [0.1, 0.15) is 0 Å². The van der Waals surface area contributed by atoms with Crippen LogP contribution in [0.1, 0.15) is 38.2 Å². The van der Waals surface area contributed by atoms with Gasteiger partial charge in [-0.25, -0.2) is 4.79 Å². The molecule has 0 saturated heterocycles. The Bertz CT molecular complexity index is 545. The summed E-state index contributed by atoms with van der Waals surface area (Å²) in [4.78, 5) is 22.3. The minimum Gasteiger partial charge on any atom is -0.335 e. The second-order valence-corrected chi connectivity index (χ2v) is 5.82. The topological polar surface area (TPSA) is 84.3 Å². The summed E-state index contributed by atoms with van der Waals surface area (Å²) in [6.07, 6.45) is 4.32. The number of carbonyl (C=O) groups is 1. The van der Waals surface area contributed by atoms with Crippen LogP contribution in [0.4, 0.5) is 16.2 Å². The molecule has 1 aliphatic carbocycles. The van der Waals surface area contributed by atoms with E-state index in [0.717, 1.165) is 24.8 Å². The van der Waals surface area contributed by atoms with Gasteiger partial charge in [0.05, 0.1) is 10.6 Å². The van der Waals surface area contributed by atoms with E-state index in [-0.39, 0.29) is 17.8 Å². The second-order valence-electron chi connectivity index (χ2n) is 5.82. The molecule has 0 spiro atoms. The number of nitro benzene ring substituents is 1. The lowest BCUT2D eigenvalue weighted by atomic mass is 9.87. The maximum atomic E-state index is 12.0. The Kier molecular flexibility index (Phi) is 4.77. The molecular weight excluding hydrogens is 270 g/mol. The molecule has 0 aromatic heterocycles. The summed E-state index contributed by atoms with van der Waals surface area (Å²) < 4.78 is 0. The summed E-state index contributed by atoms with van der Waals surface area (Å²) in [5, 5.41) is 16.4. The Morgan fingerprint density at radius 1 is 1.38 bits per heavy atom. The predicted octanol–water partition coefficient (Wildman–Crippen LogP) is 3.60. The molecule has 0 radical (unpaired) electrons. The van der Waals surface area contributed by atoms with Crippen LogP contribution in [-0.4, -0.2) is 17.0 Å². The molecule has 2 N–H and O–H groups in total. The molecule has 2 unspecified atom stereocenters. The molecule has 1 aromatic rings. The van der Waals surface area contributed by atoms with Gasteiger partial charge in [0.15, 0.2) is 0 Å². The summed E-state index contributed by atoms with van der Waals surface area (Å²) in [6.45, 7) is 4.00. The highest BCUT2D eigenvalue weighted by molar-refractivity contribution is 5.90. The maximum absolute atomic E-state index is 12.0. The fourth-order valence-electron chi connectivity index (χ4n) is 2.77. The molecule has 6 heteroatoms. The quantitative estimate of drug-likeness (QED) is 0.659. The molecule has 2 amide bonds. The fourth-order valence-corrected chi connectivity index (χ4v) is 2.77. The fraction of sp³-hybridized carbons (Fsp3) is 0.533. The monoisotopic (exact) mass is 291 g/mol. The molecule has 114 valence electrons. The molecule has 21 heavy (non-hydrogen) atoms. The molecule has 1 fully saturated rings. The number of nitrogens with zero attached hydrogens (tertiary/aromatic N) is 1. The number of hydrogen-bond donors (Lipinski definition) is 2. The number of anilines is 1. The van der Waals surface area contributed by atoms with Gasteiger partial charge in [-0.15, -0.1) is 0 Å². The van der Waals surface area contributed by atoms with Gasteiger partial charge in [-0.2, -0.15) is 0 Å². The standard InChI is InChI=1S/C15H21N3O3/c1-10-4-3-5-12(8-10)16-15(19)17-14-9-13(18(20)21)7-6-11(14)2/h6-7,9-10,12H,3-5,8H2,1-2H3,(H2,16,17,19). The van der Waals surface area contributed by atoms with Crippen molar-refractivity contribution in [3.63, 3.8) is 0 Å². The van der Waals surface area contributed by atoms with Gasteiger partial charge in [0.25, 0.3) is 5.69 Å². The minimum absolute atomic E-state index is 0.0258. The minimum atomic E-state index is -0.467. The van der Waals surface area contributed by atoms with E-state index in [0.29, 0.717) is 11.6 Å². The van der Waals surface area contributed by atoms with Gasteiger partial charge in [-0.1, -0.05) is 25.8 Å². The molecule has 1 aliphatic rings. The zero-order chi connectivity index (χ0) is 15.4. The van der Waals surface area contributed by atoms with Crippen LogP contribution in [0, 0.1) is 23.0 Å². The van der Waals surface area contributed by atoms with E-state index in [1.807, 2.05) is 6.92 Å². The maximum Gasteiger partial charge on any atom is 0.319 e. The summed E-state index contributed by atoms with van der Waals surface area (Å²) in [5.74, 6) is 0.628. The Balaban J connectivity index is 1.99. The van der Waals surface area contributed by atoms with E-state index in [4.69, 9.17) is 0 Å². The van der Waals surface area contributed by atoms with Crippen LogP contribution < -0.4 is 10.6 Å². The number of benzene rings is 1. The number of aryl methyl sites for hydroxylation is 1. The lowest BCUT2D eigenvalue weighted by Crippen LogP contribution is -2.40. The van der Waals surface area contributed by atoms with Crippen molar-refractivity contribution in [3.8, 4) is 0 Å². The van der Waals surface area contributed by atoms with E-state index in [9.17, 15) is 14.9 Å². The average Bonchev–Trinajstić information content (AvgIpc) is 2.41. The average molecular weight is 291 g/mol. The summed E-state index contributed by atoms with van der Waals surface area (Å²) in [6, 6.07) is 4.35. The van der Waals surface area contributed by atoms with Gasteiger partial charge in [0.2, 0.25) is 0 Å². The highest BCUT2D eigenvalue weighted by Crippen LogP contribution is 2.24. The lowest BCUT2D eigenvalue weighted by Gasteiger charge is -2.27. The number of non-ortho nitro benzene ring substituents is 1. The molecule has 1 saturated carbocycles. The smallest absolute Gasteiger partial charge is 0.319 e. The number of nitrogens with one attached hydrogen (secondary N) is 2. The largest absolute Gasteiger partial charge is 0.335 e. The number of amides is 2. The van der Waals surface area contributed by atoms with Crippen molar-refractivity contribution < 1.29 is 9.72 Å². The Labute approximate surface area is 124 Å². The first-order valence-corrected chi connectivity index (χ1v) is 7.28. The van der Waals surface area contributed by atoms with Crippen LogP contribution in [0.5, 0.6) is 0 Å². The Morgan fingerprint density at radius 3 is 2.81 bits per heavy atom. The van der Waals surface area contributed by atoms with Crippen molar-refractivity contribution in [2.75, 3.05) is 5.32 Å². The SMILES string of the molecule is Cc1ccc([N+](=O)[O-])cc1NC(=O)NC1CCCC(C)C1. The third-order valence-corrected chi connectivity index (χ3v) is 3.95. The lowest BCUT2D eigenvalue weighted by molar-refractivity contribution is -0.384. The first-order chi connectivity index (χ1) is 9.95. The zero-order valence-electron chi connectivity index (χ0n) is 12.4. The van der Waals surface area contributed by atoms with E-state index >= 15 is 0 Å². The Morgan fingerprint density at radius 2 is 2.14 bits per heavy atom. The van der Waals surface area contributed by atoms with Gasteiger partial charge < -0.3 is 10.6 Å². The number of carbonyl (C=O) groups excluding carboxylic acids is 1. The molecular formula is C15H21N3O3. The van der Waals surface area contributed by atoms with Crippen molar-refractivity contribution in [2.45, 2.75) is 45.6 Å². The number of rotatable bonds is 3. The van der Waals surface area contributed by atoms with Crippen molar-refractivity contribution in [1.29, 1.82) is 0 Å². The summed E-state index contributed by atoms with van der Waals surface area (Å²) in [7, 11) is 0. The highest BCUT2D eigenvalue weighted by Gasteiger charge is 2.20. The number of hydrogen-bond acceptors (Lipinski definition) is 3. The summed E-state index contributed by atoms with van der Waals surface area (Å²) >= 11 is 0. The number of nitro groups is 1. The van der Waals surface area contributed by atoms with Crippen molar-refractivity contribution in [2.24, 2.45) is 5.92 Å². The van der Waals surface area contributed by atoms with Crippen LogP contribution in [0.2, 0.25) is 0 Å². The van der Waals surface area contributed by atoms with Crippen molar-refractivity contribution >= 4 is 17.4 Å². The predicted molar refractivity (Wildman–Crippen MR) is 81.4 cm³/mol. The van der Waals surface area contributed by atoms with Crippen LogP contribution >= 0.6 is 0 Å². The molecule has 2 atom stereocenters. The molecule has 1 aromatic carbocycles. The second kappa shape index (κ2) is 6.56. The third kappa shape index (κ3) is 4.18. The number of urea groups is 1. The summed E-state index contributed by atoms with van der Waals surface area (Å²) in [5.41, 5.74) is 1.25. The van der Waals surface area contributed by atoms with E-state index in [1.165, 1.54) is 18.6 Å². The van der Waals surface area contributed by atoms with Gasteiger partial charge in [-0.3, -0.25) is 10.1 Å². The van der Waals surface area contributed by atoms with Crippen LogP contribution in [0.25, 0.3) is 0 Å². The van der Waals surface area contributed by atoms with Crippen LogP contribution in [-0.2, 0) is 0 Å². The normalized spacial score (nSPS) is 21.6. The highest BCUT2D eigenvalue weighted by atomic mass is 16.6. The molecule has 0 aliphatic heterocycles. The van der Waals surface area contributed by atoms with Gasteiger partial charge >= 0.3 is 6.03 Å². The molecule has 0 bridgehead atoms. The molecule has 2 rings (SSSR count). The zero-order valence-corrected chi connectivity index (χ0v) is 12.4. The van der Waals surface area contributed by atoms with Crippen LogP contribution in [0.3, 0.4) is 0 Å². The third-order valence-electron chi connectivity index (χ3n) is 3.95. The van der Waals surface area contributed by atoms with E-state index < -0.39 is 4.92 Å². The Hall–Kier alpha value is -2.11. The van der Waals surface area contributed by atoms with Gasteiger partial charge in [0, 0.05) is 18.2 Å². The first-order valence-electron chi connectivity index (χ1n) is 7.28. The first kappa shape index (κ1) is 15.3. The van der Waals surface area contributed by atoms with E-state index in [1.54, 1.807) is 6.07 Å².